The number of sulfone groups is 1. The van der Waals surface area contributed by atoms with Crippen LogP contribution < -0.4 is 5.73 Å². The summed E-state index contributed by atoms with van der Waals surface area (Å²) in [5, 5.41) is 12.8. The molecule has 0 saturated heterocycles. The third-order valence-corrected chi connectivity index (χ3v) is 4.07. The van der Waals surface area contributed by atoms with E-state index in [1.807, 2.05) is 0 Å². The van der Waals surface area contributed by atoms with Crippen LogP contribution in [-0.4, -0.2) is 35.7 Å². The number of aromatic nitrogens is 2. The zero-order valence-electron chi connectivity index (χ0n) is 8.18. The van der Waals surface area contributed by atoms with E-state index in [0.29, 0.717) is 17.9 Å². The number of anilines is 1. The van der Waals surface area contributed by atoms with Gasteiger partial charge in [-0.3, -0.25) is 4.68 Å². The van der Waals surface area contributed by atoms with Gasteiger partial charge < -0.3 is 10.8 Å². The Morgan fingerprint density at radius 3 is 2.93 bits per heavy atom. The highest BCUT2D eigenvalue weighted by molar-refractivity contribution is 7.90. The number of aliphatic hydroxyl groups is 1. The monoisotopic (exact) mass is 231 g/mol. The number of nitrogen functional groups attached to an aromatic ring is 1. The van der Waals surface area contributed by atoms with Crippen molar-refractivity contribution in [3.63, 3.8) is 0 Å². The normalized spacial score (nSPS) is 18.7. The second-order valence-electron chi connectivity index (χ2n) is 3.60. The summed E-state index contributed by atoms with van der Waals surface area (Å²) in [6.45, 7) is 0.211. The lowest BCUT2D eigenvalue weighted by molar-refractivity contribution is 0.268. The number of hydrogen-bond acceptors (Lipinski definition) is 5. The molecule has 6 nitrogen and oxygen atoms in total. The summed E-state index contributed by atoms with van der Waals surface area (Å²) in [5.74, 6) is 0.495. The highest BCUT2D eigenvalue weighted by Crippen LogP contribution is 2.25. The molecule has 7 heteroatoms. The molecule has 0 atom stereocenters. The summed E-state index contributed by atoms with van der Waals surface area (Å²) in [4.78, 5) is 0. The first-order valence-corrected chi connectivity index (χ1v) is 6.51. The molecule has 0 saturated carbocycles. The smallest absolute Gasteiger partial charge is 0.156 e. The predicted molar refractivity (Wildman–Crippen MR) is 54.9 cm³/mol. The van der Waals surface area contributed by atoms with Gasteiger partial charge >= 0.3 is 0 Å². The molecule has 0 radical (unpaired) electrons. The quantitative estimate of drug-likeness (QED) is 0.675. The molecule has 0 spiro atoms. The Hall–Kier alpha value is -1.08. The first kappa shape index (κ1) is 10.4. The van der Waals surface area contributed by atoms with Gasteiger partial charge in [0.15, 0.2) is 9.84 Å². The average Bonchev–Trinajstić information content (AvgIpc) is 2.42. The highest BCUT2D eigenvalue weighted by atomic mass is 32.2. The second kappa shape index (κ2) is 3.49. The van der Waals surface area contributed by atoms with E-state index in [9.17, 15) is 8.42 Å². The van der Waals surface area contributed by atoms with Crippen molar-refractivity contribution in [1.82, 2.24) is 9.78 Å². The summed E-state index contributed by atoms with van der Waals surface area (Å²) in [6, 6.07) is 0. The fourth-order valence-electron chi connectivity index (χ4n) is 1.81. The lowest BCUT2D eigenvalue weighted by Gasteiger charge is -2.14. The number of rotatable bonds is 2. The van der Waals surface area contributed by atoms with Crippen molar-refractivity contribution in [2.75, 3.05) is 18.1 Å². The summed E-state index contributed by atoms with van der Waals surface area (Å²) >= 11 is 0. The zero-order valence-corrected chi connectivity index (χ0v) is 9.00. The van der Waals surface area contributed by atoms with Crippen LogP contribution in [0.25, 0.3) is 0 Å². The van der Waals surface area contributed by atoms with Crippen molar-refractivity contribution in [2.45, 2.75) is 18.7 Å². The Morgan fingerprint density at radius 1 is 1.53 bits per heavy atom. The lowest BCUT2D eigenvalue weighted by atomic mass is 10.2. The molecule has 1 aliphatic heterocycles. The Bertz CT molecular complexity index is 478. The van der Waals surface area contributed by atoms with Crippen molar-refractivity contribution in [1.29, 1.82) is 0 Å². The minimum absolute atomic E-state index is 0.0213. The van der Waals surface area contributed by atoms with Crippen LogP contribution in [-0.2, 0) is 28.6 Å². The zero-order chi connectivity index (χ0) is 11.1. The van der Waals surface area contributed by atoms with Crippen LogP contribution in [0, 0.1) is 0 Å². The first-order valence-electron chi connectivity index (χ1n) is 4.69. The Balaban J connectivity index is 2.46. The number of fused-ring (bicyclic) bond motifs is 1. The molecular formula is C8H13N3O3S. The number of aliphatic hydroxyl groups excluding tert-OH is 1. The van der Waals surface area contributed by atoms with Crippen molar-refractivity contribution >= 4 is 15.7 Å². The van der Waals surface area contributed by atoms with E-state index in [2.05, 4.69) is 5.10 Å². The molecule has 0 amide bonds. The van der Waals surface area contributed by atoms with Gasteiger partial charge in [0.05, 0.1) is 30.4 Å². The van der Waals surface area contributed by atoms with Crippen LogP contribution in [0.2, 0.25) is 0 Å². The maximum atomic E-state index is 11.4. The third kappa shape index (κ3) is 1.84. The second-order valence-corrected chi connectivity index (χ2v) is 5.78. The molecule has 3 N–H and O–H groups in total. The van der Waals surface area contributed by atoms with E-state index in [1.54, 1.807) is 0 Å². The van der Waals surface area contributed by atoms with Crippen LogP contribution in [0.15, 0.2) is 0 Å². The van der Waals surface area contributed by atoms with Crippen LogP contribution in [0.4, 0.5) is 5.82 Å². The van der Waals surface area contributed by atoms with Gasteiger partial charge in [-0.15, -0.1) is 0 Å². The van der Waals surface area contributed by atoms with E-state index < -0.39 is 9.84 Å². The molecule has 2 heterocycles. The summed E-state index contributed by atoms with van der Waals surface area (Å²) in [7, 11) is -3.02. The Kier molecular flexibility index (Phi) is 2.43. The largest absolute Gasteiger partial charge is 0.394 e. The summed E-state index contributed by atoms with van der Waals surface area (Å²) in [5.41, 5.74) is 7.12. The molecule has 0 bridgehead atoms. The lowest BCUT2D eigenvalue weighted by Crippen LogP contribution is -2.21. The highest BCUT2D eigenvalue weighted by Gasteiger charge is 2.27. The number of nitrogens with zero attached hydrogens (tertiary/aromatic N) is 2. The van der Waals surface area contributed by atoms with Gasteiger partial charge in [-0.1, -0.05) is 0 Å². The fraction of sp³-hybridized carbons (Fsp3) is 0.625. The van der Waals surface area contributed by atoms with E-state index in [4.69, 9.17) is 10.8 Å². The van der Waals surface area contributed by atoms with Crippen LogP contribution >= 0.6 is 0 Å². The third-order valence-electron chi connectivity index (χ3n) is 2.53. The van der Waals surface area contributed by atoms with Gasteiger partial charge in [-0.25, -0.2) is 8.42 Å². The van der Waals surface area contributed by atoms with Crippen molar-refractivity contribution in [3.05, 3.63) is 11.3 Å². The van der Waals surface area contributed by atoms with E-state index in [1.165, 1.54) is 4.68 Å². The topological polar surface area (TPSA) is 98.2 Å². The molecular weight excluding hydrogens is 218 g/mol. The number of hydrogen-bond donors (Lipinski definition) is 2. The van der Waals surface area contributed by atoms with Crippen LogP contribution in [0.5, 0.6) is 0 Å². The molecule has 0 aromatic carbocycles. The van der Waals surface area contributed by atoms with E-state index >= 15 is 0 Å². The number of nitrogens with two attached hydrogens (primary N) is 1. The Morgan fingerprint density at radius 2 is 2.27 bits per heavy atom. The van der Waals surface area contributed by atoms with Crippen molar-refractivity contribution in [3.8, 4) is 0 Å². The molecule has 1 aliphatic rings. The molecule has 1 aromatic heterocycles. The predicted octanol–water partition coefficient (Wildman–Crippen LogP) is -1.07. The summed E-state index contributed by atoms with van der Waals surface area (Å²) < 4.78 is 24.4. The van der Waals surface area contributed by atoms with Gasteiger partial charge in [0.2, 0.25) is 0 Å². The molecule has 2 rings (SSSR count). The molecule has 0 unspecified atom stereocenters. The fourth-order valence-corrected chi connectivity index (χ4v) is 3.21. The molecule has 15 heavy (non-hydrogen) atoms. The van der Waals surface area contributed by atoms with Crippen LogP contribution in [0.3, 0.4) is 0 Å². The van der Waals surface area contributed by atoms with Gasteiger partial charge in [0, 0.05) is 5.56 Å². The SMILES string of the molecule is Nc1nn(CCO)c2c1CCS(=O)(=O)C2. The standard InChI is InChI=1S/C8H13N3O3S/c9-8-6-1-4-15(13,14)5-7(6)11(10-8)2-3-12/h12H,1-5H2,(H2,9,10). The molecule has 84 valence electrons. The molecule has 0 aliphatic carbocycles. The van der Waals surface area contributed by atoms with E-state index in [0.717, 1.165) is 5.56 Å². The van der Waals surface area contributed by atoms with Gasteiger partial charge in [-0.05, 0) is 6.42 Å². The molecule has 0 fully saturated rings. The van der Waals surface area contributed by atoms with Crippen molar-refractivity contribution in [2.24, 2.45) is 0 Å². The minimum atomic E-state index is -3.02. The Labute approximate surface area is 87.6 Å². The molecule has 1 aromatic rings. The van der Waals surface area contributed by atoms with Gasteiger partial charge in [0.25, 0.3) is 0 Å². The van der Waals surface area contributed by atoms with Gasteiger partial charge in [-0.2, -0.15) is 5.10 Å². The maximum absolute atomic E-state index is 11.4. The van der Waals surface area contributed by atoms with E-state index in [-0.39, 0.29) is 24.7 Å². The van der Waals surface area contributed by atoms with Gasteiger partial charge in [0.1, 0.15) is 5.82 Å². The van der Waals surface area contributed by atoms with Crippen molar-refractivity contribution < 1.29 is 13.5 Å². The first-order chi connectivity index (χ1) is 7.03. The minimum Gasteiger partial charge on any atom is -0.394 e. The average molecular weight is 231 g/mol. The summed E-state index contributed by atoms with van der Waals surface area (Å²) in [6.07, 6.45) is 0.426. The van der Waals surface area contributed by atoms with Crippen LogP contribution in [0.1, 0.15) is 11.3 Å². The maximum Gasteiger partial charge on any atom is 0.156 e.